The largest absolute Gasteiger partial charge is 0.480 e. The number of imide groups is 1. The number of nitrogens with two attached hydrogens (primary N) is 1. The monoisotopic (exact) mass is 425 g/mol. The number of amides is 2. The Morgan fingerprint density at radius 1 is 1.06 bits per heavy atom. The van der Waals surface area contributed by atoms with Gasteiger partial charge in [0.2, 0.25) is 11.8 Å². The number of nitrogens with one attached hydrogen (secondary N) is 1. The number of unbranched alkanes of at least 4 members (excludes halogenated alkanes) is 1. The summed E-state index contributed by atoms with van der Waals surface area (Å²) >= 11 is 0. The summed E-state index contributed by atoms with van der Waals surface area (Å²) in [7, 11) is 0. The van der Waals surface area contributed by atoms with Gasteiger partial charge >= 0.3 is 5.97 Å². The van der Waals surface area contributed by atoms with E-state index in [0.29, 0.717) is 30.6 Å². The van der Waals surface area contributed by atoms with Crippen LogP contribution in [0.15, 0.2) is 54.6 Å². The highest BCUT2D eigenvalue weighted by molar-refractivity contribution is 6.24. The zero-order valence-electron chi connectivity index (χ0n) is 16.8. The number of carbonyl (C=O) groups is 3. The Kier molecular flexibility index (Phi) is 5.60. The zero-order valence-corrected chi connectivity index (χ0v) is 16.8. The number of rotatable bonds is 7. The second-order valence-electron chi connectivity index (χ2n) is 8.05. The molecular formula is C23H24FN3O4. The third-order valence-electron chi connectivity index (χ3n) is 6.30. The predicted molar refractivity (Wildman–Crippen MR) is 111 cm³/mol. The molecule has 0 radical (unpaired) electrons. The lowest BCUT2D eigenvalue weighted by molar-refractivity contribution is -0.149. The summed E-state index contributed by atoms with van der Waals surface area (Å²) in [5.74, 6) is -4.60. The van der Waals surface area contributed by atoms with E-state index in [-0.39, 0.29) is 6.42 Å². The molecule has 2 aromatic rings. The van der Waals surface area contributed by atoms with Crippen molar-refractivity contribution in [3.63, 3.8) is 0 Å². The number of carbonyl (C=O) groups excluding carboxylic acids is 2. The highest BCUT2D eigenvalue weighted by atomic mass is 19.1. The molecule has 0 bridgehead atoms. The molecule has 2 aliphatic heterocycles. The summed E-state index contributed by atoms with van der Waals surface area (Å²) in [5.41, 5.74) is 4.94. The fourth-order valence-corrected chi connectivity index (χ4v) is 4.87. The minimum Gasteiger partial charge on any atom is -0.480 e. The first-order valence-electron chi connectivity index (χ1n) is 10.3. The molecule has 7 nitrogen and oxygen atoms in total. The first-order valence-corrected chi connectivity index (χ1v) is 10.3. The molecule has 31 heavy (non-hydrogen) atoms. The van der Waals surface area contributed by atoms with Gasteiger partial charge in [0.05, 0.1) is 17.5 Å². The number of aliphatic carboxylic acids is 1. The maximum Gasteiger partial charge on any atom is 0.324 e. The van der Waals surface area contributed by atoms with Crippen LogP contribution in [0.3, 0.4) is 0 Å². The van der Waals surface area contributed by atoms with Gasteiger partial charge in [0.15, 0.2) is 0 Å². The number of hydrogen-bond acceptors (Lipinski definition) is 5. The van der Waals surface area contributed by atoms with E-state index in [2.05, 4.69) is 5.32 Å². The molecule has 4 rings (SSSR count). The maximum absolute atomic E-state index is 13.5. The fourth-order valence-electron chi connectivity index (χ4n) is 4.87. The molecule has 162 valence electrons. The number of fused-ring (bicyclic) bond motifs is 1. The van der Waals surface area contributed by atoms with Crippen molar-refractivity contribution >= 4 is 23.5 Å². The summed E-state index contributed by atoms with van der Waals surface area (Å²) in [5, 5.41) is 13.3. The number of hydrogen-bond donors (Lipinski definition) is 3. The molecule has 0 aromatic heterocycles. The first kappa shape index (κ1) is 21.1. The number of halogens is 1. The van der Waals surface area contributed by atoms with Crippen molar-refractivity contribution in [1.82, 2.24) is 5.32 Å². The molecule has 0 saturated carbocycles. The smallest absolute Gasteiger partial charge is 0.324 e. The van der Waals surface area contributed by atoms with Crippen molar-refractivity contribution in [2.75, 3.05) is 11.4 Å². The molecular weight excluding hydrogens is 401 g/mol. The molecule has 2 saturated heterocycles. The van der Waals surface area contributed by atoms with Crippen molar-refractivity contribution in [3.05, 3.63) is 66.0 Å². The molecule has 4 N–H and O–H groups in total. The van der Waals surface area contributed by atoms with Crippen molar-refractivity contribution in [1.29, 1.82) is 0 Å². The van der Waals surface area contributed by atoms with Crippen LogP contribution in [0.2, 0.25) is 0 Å². The molecule has 8 heteroatoms. The summed E-state index contributed by atoms with van der Waals surface area (Å²) in [4.78, 5) is 40.6. The van der Waals surface area contributed by atoms with Gasteiger partial charge in [-0.05, 0) is 55.6 Å². The van der Waals surface area contributed by atoms with E-state index < -0.39 is 47.0 Å². The molecule has 2 aliphatic rings. The maximum atomic E-state index is 13.5. The number of benzene rings is 2. The molecule has 2 fully saturated rings. The molecule has 2 amide bonds. The Balaban J connectivity index is 1.81. The third kappa shape index (κ3) is 3.41. The van der Waals surface area contributed by atoms with Gasteiger partial charge in [-0.15, -0.1) is 0 Å². The lowest BCUT2D eigenvalue weighted by Gasteiger charge is -2.31. The number of carboxylic acid groups (broad SMARTS) is 1. The van der Waals surface area contributed by atoms with Gasteiger partial charge < -0.3 is 10.8 Å². The van der Waals surface area contributed by atoms with Crippen LogP contribution in [0, 0.1) is 17.7 Å². The highest BCUT2D eigenvalue weighted by Crippen LogP contribution is 2.51. The lowest BCUT2D eigenvalue weighted by Crippen LogP contribution is -2.55. The second kappa shape index (κ2) is 8.20. The van der Waals surface area contributed by atoms with Crippen LogP contribution in [0.5, 0.6) is 0 Å². The van der Waals surface area contributed by atoms with Crippen LogP contribution >= 0.6 is 0 Å². The van der Waals surface area contributed by atoms with Gasteiger partial charge in [-0.1, -0.05) is 30.3 Å². The lowest BCUT2D eigenvalue weighted by atomic mass is 9.76. The quantitative estimate of drug-likeness (QED) is 0.463. The highest BCUT2D eigenvalue weighted by Gasteiger charge is 2.68. The molecule has 2 heterocycles. The van der Waals surface area contributed by atoms with Crippen LogP contribution in [-0.2, 0) is 14.4 Å². The Morgan fingerprint density at radius 2 is 1.74 bits per heavy atom. The SMILES string of the molecule is NCCCCC1(C(=O)O)NC(c2ccc(F)cc2)C2C(=O)N(c3ccccc3)C(=O)C21. The van der Waals surface area contributed by atoms with Crippen LogP contribution in [0.1, 0.15) is 30.9 Å². The predicted octanol–water partition coefficient (Wildman–Crippen LogP) is 2.23. The van der Waals surface area contributed by atoms with Gasteiger partial charge in [0.25, 0.3) is 0 Å². The number of carboxylic acids is 1. The van der Waals surface area contributed by atoms with Gasteiger partial charge in [-0.2, -0.15) is 0 Å². The topological polar surface area (TPSA) is 113 Å². The van der Waals surface area contributed by atoms with Crippen LogP contribution in [0.25, 0.3) is 0 Å². The van der Waals surface area contributed by atoms with Crippen molar-refractivity contribution in [2.45, 2.75) is 30.8 Å². The van der Waals surface area contributed by atoms with Crippen molar-refractivity contribution < 1.29 is 23.9 Å². The van der Waals surface area contributed by atoms with Crippen LogP contribution in [-0.4, -0.2) is 35.0 Å². The van der Waals surface area contributed by atoms with Gasteiger partial charge in [0, 0.05) is 6.04 Å². The van der Waals surface area contributed by atoms with Gasteiger partial charge in [-0.25, -0.2) is 9.29 Å². The summed E-state index contributed by atoms with van der Waals surface area (Å²) < 4.78 is 13.5. The van der Waals surface area contributed by atoms with E-state index in [1.54, 1.807) is 30.3 Å². The normalized spacial score (nSPS) is 27.5. The molecule has 0 spiro atoms. The average molecular weight is 425 g/mol. The Hall–Kier alpha value is -3.10. The minimum atomic E-state index is -1.62. The summed E-state index contributed by atoms with van der Waals surface area (Å²) in [6.07, 6.45) is 1.24. The van der Waals surface area contributed by atoms with Crippen LogP contribution < -0.4 is 16.0 Å². The standard InChI is InChI=1S/C23H24FN3O4/c24-15-10-8-14(9-11-15)19-17-18(23(26-19,22(30)31)12-4-5-13-25)21(29)27(20(17)28)16-6-2-1-3-7-16/h1-3,6-11,17-19,26H,4-5,12-13,25H2,(H,30,31). The first-order chi connectivity index (χ1) is 14.9. The van der Waals surface area contributed by atoms with E-state index in [1.807, 2.05) is 0 Å². The number of para-hydroxylation sites is 1. The summed E-state index contributed by atoms with van der Waals surface area (Å²) in [6.45, 7) is 0.397. The van der Waals surface area contributed by atoms with E-state index in [1.165, 1.54) is 24.3 Å². The number of anilines is 1. The number of nitrogens with zero attached hydrogens (tertiary/aromatic N) is 1. The van der Waals surface area contributed by atoms with Gasteiger partial charge in [0.1, 0.15) is 11.4 Å². The second-order valence-corrected chi connectivity index (χ2v) is 8.05. The molecule has 0 aliphatic carbocycles. The van der Waals surface area contributed by atoms with E-state index in [0.717, 1.165) is 4.90 Å². The average Bonchev–Trinajstić information content (AvgIpc) is 3.24. The molecule has 4 unspecified atom stereocenters. The Bertz CT molecular complexity index is 998. The van der Waals surface area contributed by atoms with E-state index >= 15 is 0 Å². The minimum absolute atomic E-state index is 0.153. The third-order valence-corrected chi connectivity index (χ3v) is 6.30. The van der Waals surface area contributed by atoms with Crippen molar-refractivity contribution in [2.24, 2.45) is 17.6 Å². The Labute approximate surface area is 179 Å². The molecule has 2 aromatic carbocycles. The van der Waals surface area contributed by atoms with Gasteiger partial charge in [-0.3, -0.25) is 19.7 Å². The molecule has 4 atom stereocenters. The Morgan fingerprint density at radius 3 is 2.35 bits per heavy atom. The van der Waals surface area contributed by atoms with Crippen molar-refractivity contribution in [3.8, 4) is 0 Å². The van der Waals surface area contributed by atoms with E-state index in [9.17, 15) is 23.9 Å². The fraction of sp³-hybridized carbons (Fsp3) is 0.348. The zero-order chi connectivity index (χ0) is 22.2. The van der Waals surface area contributed by atoms with Crippen LogP contribution in [0.4, 0.5) is 10.1 Å². The van der Waals surface area contributed by atoms with E-state index in [4.69, 9.17) is 5.73 Å². The summed E-state index contributed by atoms with van der Waals surface area (Å²) in [6, 6.07) is 13.3.